The van der Waals surface area contributed by atoms with Crippen LogP contribution in [0.25, 0.3) is 5.57 Å². The Bertz CT molecular complexity index is 548. The number of ether oxygens (including phenoxy) is 1. The molecule has 0 aromatic heterocycles. The minimum atomic E-state index is -0.956. The Labute approximate surface area is 132 Å². The second kappa shape index (κ2) is 6.05. The maximum absolute atomic E-state index is 14.9. The van der Waals surface area contributed by atoms with Gasteiger partial charge in [0.05, 0.1) is 18.3 Å². The average Bonchev–Trinajstić information content (AvgIpc) is 2.69. The lowest BCUT2D eigenvalue weighted by molar-refractivity contribution is 0.00578. The molecule has 0 atom stereocenters. The van der Waals surface area contributed by atoms with Crippen LogP contribution in [0.15, 0.2) is 30.0 Å². The Balaban J connectivity index is 2.33. The van der Waals surface area contributed by atoms with Crippen molar-refractivity contribution in [3.05, 3.63) is 35.6 Å². The van der Waals surface area contributed by atoms with E-state index >= 15 is 0 Å². The van der Waals surface area contributed by atoms with Gasteiger partial charge in [0.1, 0.15) is 11.5 Å². The molecule has 5 heteroatoms. The van der Waals surface area contributed by atoms with Gasteiger partial charge in [0.15, 0.2) is 0 Å². The van der Waals surface area contributed by atoms with Crippen LogP contribution in [0.5, 0.6) is 5.75 Å². The van der Waals surface area contributed by atoms with Crippen LogP contribution in [0.3, 0.4) is 0 Å². The van der Waals surface area contributed by atoms with Crippen LogP contribution in [-0.4, -0.2) is 25.4 Å². The van der Waals surface area contributed by atoms with Crippen LogP contribution < -0.4 is 4.74 Å². The van der Waals surface area contributed by atoms with Crippen LogP contribution in [0.4, 0.5) is 4.39 Å². The van der Waals surface area contributed by atoms with E-state index in [9.17, 15) is 4.39 Å². The van der Waals surface area contributed by atoms with E-state index in [-0.39, 0.29) is 5.73 Å². The summed E-state index contributed by atoms with van der Waals surface area (Å²) in [4.78, 5) is 0. The quantitative estimate of drug-likeness (QED) is 0.771. The molecule has 0 bridgehead atoms. The van der Waals surface area contributed by atoms with Crippen LogP contribution >= 0.6 is 0 Å². The van der Waals surface area contributed by atoms with Gasteiger partial charge in [-0.3, -0.25) is 0 Å². The normalized spacial score (nSPS) is 20.8. The molecule has 1 aliphatic rings. The van der Waals surface area contributed by atoms with E-state index in [1.807, 2.05) is 58.9 Å². The monoisotopic (exact) mass is 306 g/mol. The predicted octanol–water partition coefficient (Wildman–Crippen LogP) is 4.42. The third kappa shape index (κ3) is 3.06. The second-order valence-electron chi connectivity index (χ2n) is 6.50. The number of methoxy groups -OCH3 is 1. The van der Waals surface area contributed by atoms with Gasteiger partial charge in [-0.15, -0.1) is 0 Å². The number of benzene rings is 1. The molecule has 1 aromatic rings. The van der Waals surface area contributed by atoms with E-state index in [4.69, 9.17) is 14.0 Å². The molecule has 0 aliphatic carbocycles. The summed E-state index contributed by atoms with van der Waals surface area (Å²) in [6.45, 7) is 9.58. The summed E-state index contributed by atoms with van der Waals surface area (Å²) >= 11 is 0. The molecule has 120 valence electrons. The third-order valence-corrected chi connectivity index (χ3v) is 4.54. The van der Waals surface area contributed by atoms with Crippen LogP contribution in [0.1, 0.15) is 46.6 Å². The number of hydrogen-bond acceptors (Lipinski definition) is 3. The Hall–Kier alpha value is -1.33. The number of hydrogen-bond donors (Lipinski definition) is 0. The van der Waals surface area contributed by atoms with E-state index in [2.05, 4.69) is 0 Å². The van der Waals surface area contributed by atoms with Gasteiger partial charge in [-0.2, -0.15) is 0 Å². The molecule has 1 fully saturated rings. The highest BCUT2D eigenvalue weighted by Crippen LogP contribution is 2.40. The summed E-state index contributed by atoms with van der Waals surface area (Å²) in [5, 5.41) is 0. The Morgan fingerprint density at radius 2 is 1.59 bits per heavy atom. The summed E-state index contributed by atoms with van der Waals surface area (Å²) in [5.41, 5.74) is -0.0374. The lowest BCUT2D eigenvalue weighted by atomic mass is 9.82. The molecule has 22 heavy (non-hydrogen) atoms. The molecule has 0 saturated carbocycles. The summed E-state index contributed by atoms with van der Waals surface area (Å²) in [5.74, 6) is 0.746. The molecule has 1 aromatic carbocycles. The third-order valence-electron chi connectivity index (χ3n) is 4.54. The number of allylic oxidation sites excluding steroid dienone is 1. The molecule has 0 spiro atoms. The fraction of sp³-hybridized carbons (Fsp3) is 0.529. The average molecular weight is 306 g/mol. The molecular weight excluding hydrogens is 282 g/mol. The molecule has 2 rings (SSSR count). The molecule has 0 radical (unpaired) electrons. The first kappa shape index (κ1) is 17.0. The van der Waals surface area contributed by atoms with E-state index < -0.39 is 18.3 Å². The summed E-state index contributed by atoms with van der Waals surface area (Å²) in [6.07, 6.45) is 0.558. The van der Waals surface area contributed by atoms with E-state index in [1.165, 1.54) is 0 Å². The largest absolute Gasteiger partial charge is 0.525 e. The van der Waals surface area contributed by atoms with Crippen molar-refractivity contribution in [3.63, 3.8) is 0 Å². The van der Waals surface area contributed by atoms with Gasteiger partial charge in [0.2, 0.25) is 0 Å². The topological polar surface area (TPSA) is 27.7 Å². The molecule has 1 aliphatic heterocycles. The first-order valence-corrected chi connectivity index (χ1v) is 7.60. The maximum atomic E-state index is 14.9. The van der Waals surface area contributed by atoms with Crippen molar-refractivity contribution in [2.75, 3.05) is 7.11 Å². The predicted molar refractivity (Wildman–Crippen MR) is 87.4 cm³/mol. The van der Waals surface area contributed by atoms with Crippen LogP contribution in [0, 0.1) is 0 Å². The van der Waals surface area contributed by atoms with Crippen molar-refractivity contribution in [2.24, 2.45) is 0 Å². The molecular formula is C17H24BFO3. The van der Waals surface area contributed by atoms with E-state index in [0.717, 1.165) is 11.3 Å². The summed E-state index contributed by atoms with van der Waals surface area (Å²) in [7, 11) is 0.651. The fourth-order valence-corrected chi connectivity index (χ4v) is 2.39. The lowest BCUT2D eigenvalue weighted by Gasteiger charge is -2.32. The van der Waals surface area contributed by atoms with Gasteiger partial charge in [-0.1, -0.05) is 19.1 Å². The van der Waals surface area contributed by atoms with Crippen molar-refractivity contribution in [1.82, 2.24) is 0 Å². The van der Waals surface area contributed by atoms with Crippen LogP contribution in [-0.2, 0) is 9.31 Å². The first-order chi connectivity index (χ1) is 10.2. The number of halogens is 1. The highest BCUT2D eigenvalue weighted by molar-refractivity contribution is 6.55. The lowest BCUT2D eigenvalue weighted by Crippen LogP contribution is -2.41. The summed E-state index contributed by atoms with van der Waals surface area (Å²) < 4.78 is 31.7. The molecule has 0 N–H and O–H groups in total. The van der Waals surface area contributed by atoms with Crippen molar-refractivity contribution < 1.29 is 18.4 Å². The Kier molecular flexibility index (Phi) is 4.69. The first-order valence-electron chi connectivity index (χ1n) is 7.60. The molecule has 0 amide bonds. The van der Waals surface area contributed by atoms with Crippen LogP contribution in [0.2, 0.25) is 0 Å². The Morgan fingerprint density at radius 1 is 1.09 bits per heavy atom. The van der Waals surface area contributed by atoms with Gasteiger partial charge in [-0.25, -0.2) is 4.39 Å². The molecule has 1 saturated heterocycles. The highest BCUT2D eigenvalue weighted by atomic mass is 19.1. The smallest absolute Gasteiger partial charge is 0.497 e. The molecule has 1 heterocycles. The van der Waals surface area contributed by atoms with Gasteiger partial charge < -0.3 is 14.0 Å². The molecule has 3 nitrogen and oxygen atoms in total. The van der Waals surface area contributed by atoms with E-state index in [0.29, 0.717) is 12.0 Å². The van der Waals surface area contributed by atoms with Crippen molar-refractivity contribution in [3.8, 4) is 5.75 Å². The zero-order valence-corrected chi connectivity index (χ0v) is 14.2. The minimum absolute atomic E-state index is 0.355. The SMILES string of the molecule is CCC(=C(F)B1OC(C)(C)C(C)(C)O1)c1ccc(OC)cc1. The van der Waals surface area contributed by atoms with Gasteiger partial charge in [0, 0.05) is 0 Å². The van der Waals surface area contributed by atoms with Gasteiger partial charge in [-0.05, 0) is 57.4 Å². The summed E-state index contributed by atoms with van der Waals surface area (Å²) in [6, 6.07) is 7.34. The zero-order valence-electron chi connectivity index (χ0n) is 14.2. The van der Waals surface area contributed by atoms with E-state index in [1.54, 1.807) is 7.11 Å². The number of rotatable bonds is 4. The molecule has 0 unspecified atom stereocenters. The standard InChI is InChI=1S/C17H24BFO3/c1-7-14(12-8-10-13(20-6)11-9-12)15(19)18-21-16(2,3)17(4,5)22-18/h8-11H,7H2,1-6H3. The maximum Gasteiger partial charge on any atom is 0.525 e. The fourth-order valence-electron chi connectivity index (χ4n) is 2.39. The highest BCUT2D eigenvalue weighted by Gasteiger charge is 2.53. The second-order valence-corrected chi connectivity index (χ2v) is 6.50. The minimum Gasteiger partial charge on any atom is -0.497 e. The Morgan fingerprint density at radius 3 is 2.00 bits per heavy atom. The van der Waals surface area contributed by atoms with Crippen molar-refractivity contribution in [1.29, 1.82) is 0 Å². The van der Waals surface area contributed by atoms with Gasteiger partial charge in [0.25, 0.3) is 0 Å². The van der Waals surface area contributed by atoms with Crippen molar-refractivity contribution in [2.45, 2.75) is 52.2 Å². The van der Waals surface area contributed by atoms with Gasteiger partial charge >= 0.3 is 7.12 Å². The van der Waals surface area contributed by atoms with Crippen molar-refractivity contribution >= 4 is 12.7 Å². The zero-order chi connectivity index (χ0) is 16.5.